The Hall–Kier alpha value is -3.32. The van der Waals surface area contributed by atoms with Gasteiger partial charge in [0.1, 0.15) is 0 Å². The molecule has 0 saturated heterocycles. The van der Waals surface area contributed by atoms with Gasteiger partial charge < -0.3 is 9.73 Å². The van der Waals surface area contributed by atoms with E-state index in [1.54, 1.807) is 6.26 Å². The number of amides is 1. The second-order valence-corrected chi connectivity index (χ2v) is 7.88. The fourth-order valence-corrected chi connectivity index (χ4v) is 3.83. The molecule has 7 heteroatoms. The number of benzene rings is 2. The standard InChI is InChI=1S/C23H22N4O2S/c1-16-8-6-11-19(17(16)2)24-21(28)15-30-23-26-25-22(20-12-7-13-29-20)27(23)14-18-9-4-3-5-10-18/h3-13H,14-15H2,1-2H3,(H,24,28). The van der Waals surface area contributed by atoms with Crippen LogP contribution in [0.25, 0.3) is 11.6 Å². The van der Waals surface area contributed by atoms with Crippen molar-refractivity contribution >= 4 is 23.4 Å². The highest BCUT2D eigenvalue weighted by atomic mass is 32.2. The minimum Gasteiger partial charge on any atom is -0.461 e. The van der Waals surface area contributed by atoms with Crippen molar-refractivity contribution in [3.05, 3.63) is 83.6 Å². The molecule has 0 aliphatic heterocycles. The van der Waals surface area contributed by atoms with E-state index < -0.39 is 0 Å². The number of carbonyl (C=O) groups excluding carboxylic acids is 1. The summed E-state index contributed by atoms with van der Waals surface area (Å²) in [6.07, 6.45) is 1.61. The molecule has 1 N–H and O–H groups in total. The minimum absolute atomic E-state index is 0.0810. The summed E-state index contributed by atoms with van der Waals surface area (Å²) in [5.74, 6) is 1.44. The molecule has 6 nitrogen and oxygen atoms in total. The smallest absolute Gasteiger partial charge is 0.234 e. The molecule has 2 heterocycles. The predicted octanol–water partition coefficient (Wildman–Crippen LogP) is 4.93. The van der Waals surface area contributed by atoms with Crippen molar-refractivity contribution in [1.29, 1.82) is 0 Å². The van der Waals surface area contributed by atoms with Crippen molar-refractivity contribution in [2.45, 2.75) is 25.5 Å². The third-order valence-corrected chi connectivity index (χ3v) is 5.82. The van der Waals surface area contributed by atoms with E-state index in [4.69, 9.17) is 4.42 Å². The highest BCUT2D eigenvalue weighted by Crippen LogP contribution is 2.26. The van der Waals surface area contributed by atoms with Crippen LogP contribution in [0.2, 0.25) is 0 Å². The summed E-state index contributed by atoms with van der Waals surface area (Å²) >= 11 is 1.36. The summed E-state index contributed by atoms with van der Waals surface area (Å²) in [7, 11) is 0. The Morgan fingerprint density at radius 1 is 1.03 bits per heavy atom. The molecule has 0 spiro atoms. The molecular formula is C23H22N4O2S. The van der Waals surface area contributed by atoms with Crippen LogP contribution in [0.5, 0.6) is 0 Å². The number of aromatic nitrogens is 3. The number of furan rings is 1. The Kier molecular flexibility index (Phi) is 5.99. The Morgan fingerprint density at radius 2 is 1.87 bits per heavy atom. The fourth-order valence-electron chi connectivity index (χ4n) is 3.09. The third kappa shape index (κ3) is 4.46. The average Bonchev–Trinajstić information content (AvgIpc) is 3.41. The molecule has 4 rings (SSSR count). The molecule has 4 aromatic rings. The van der Waals surface area contributed by atoms with E-state index in [1.807, 2.05) is 79.1 Å². The zero-order chi connectivity index (χ0) is 20.9. The molecule has 1 amide bonds. The van der Waals surface area contributed by atoms with E-state index in [9.17, 15) is 4.79 Å². The van der Waals surface area contributed by atoms with Crippen LogP contribution in [0.15, 0.2) is 76.5 Å². The predicted molar refractivity (Wildman–Crippen MR) is 119 cm³/mol. The van der Waals surface area contributed by atoms with E-state index >= 15 is 0 Å². The third-order valence-electron chi connectivity index (χ3n) is 4.85. The van der Waals surface area contributed by atoms with Crippen LogP contribution in [0, 0.1) is 13.8 Å². The van der Waals surface area contributed by atoms with Crippen LogP contribution >= 0.6 is 11.8 Å². The summed E-state index contributed by atoms with van der Waals surface area (Å²) in [4.78, 5) is 12.5. The zero-order valence-corrected chi connectivity index (χ0v) is 17.6. The molecular weight excluding hydrogens is 396 g/mol. The first-order chi connectivity index (χ1) is 14.6. The molecule has 0 aliphatic rings. The van der Waals surface area contributed by atoms with Crippen LogP contribution < -0.4 is 5.32 Å². The average molecular weight is 419 g/mol. The van der Waals surface area contributed by atoms with Crippen molar-refractivity contribution in [3.8, 4) is 11.6 Å². The van der Waals surface area contributed by atoms with Gasteiger partial charge in [0.2, 0.25) is 11.7 Å². The van der Waals surface area contributed by atoms with Gasteiger partial charge in [0.15, 0.2) is 10.9 Å². The highest BCUT2D eigenvalue weighted by Gasteiger charge is 2.18. The molecule has 0 saturated carbocycles. The van der Waals surface area contributed by atoms with Crippen LogP contribution in [-0.2, 0) is 11.3 Å². The Labute approximate surface area is 179 Å². The van der Waals surface area contributed by atoms with Gasteiger partial charge in [-0.05, 0) is 48.7 Å². The number of carbonyl (C=O) groups is 1. The number of aryl methyl sites for hydroxylation is 1. The molecule has 0 radical (unpaired) electrons. The van der Waals surface area contributed by atoms with Gasteiger partial charge in [0, 0.05) is 5.69 Å². The second kappa shape index (κ2) is 9.00. The van der Waals surface area contributed by atoms with Crippen molar-refractivity contribution in [3.63, 3.8) is 0 Å². The normalized spacial score (nSPS) is 10.9. The molecule has 0 atom stereocenters. The number of nitrogens with zero attached hydrogens (tertiary/aromatic N) is 3. The number of rotatable bonds is 7. The maximum absolute atomic E-state index is 12.5. The first-order valence-corrected chi connectivity index (χ1v) is 10.6. The number of hydrogen-bond acceptors (Lipinski definition) is 5. The molecule has 2 aromatic carbocycles. The zero-order valence-electron chi connectivity index (χ0n) is 16.8. The van der Waals surface area contributed by atoms with Crippen LogP contribution in [-0.4, -0.2) is 26.4 Å². The largest absolute Gasteiger partial charge is 0.461 e. The van der Waals surface area contributed by atoms with Crippen molar-refractivity contribution < 1.29 is 9.21 Å². The summed E-state index contributed by atoms with van der Waals surface area (Å²) in [5, 5.41) is 12.3. The van der Waals surface area contributed by atoms with E-state index in [0.717, 1.165) is 22.4 Å². The summed E-state index contributed by atoms with van der Waals surface area (Å²) < 4.78 is 7.50. The second-order valence-electron chi connectivity index (χ2n) is 6.94. The van der Waals surface area contributed by atoms with E-state index in [0.29, 0.717) is 23.3 Å². The molecule has 0 bridgehead atoms. The fraction of sp³-hybridized carbons (Fsp3) is 0.174. The lowest BCUT2D eigenvalue weighted by Gasteiger charge is -2.11. The Bertz CT molecular complexity index is 1140. The molecule has 0 aliphatic carbocycles. The first kappa shape index (κ1) is 20.0. The van der Waals surface area contributed by atoms with Crippen molar-refractivity contribution in [2.24, 2.45) is 0 Å². The quantitative estimate of drug-likeness (QED) is 0.431. The molecule has 152 valence electrons. The van der Waals surface area contributed by atoms with Crippen LogP contribution in [0.4, 0.5) is 5.69 Å². The van der Waals surface area contributed by atoms with Gasteiger partial charge in [-0.1, -0.05) is 54.2 Å². The maximum Gasteiger partial charge on any atom is 0.234 e. The van der Waals surface area contributed by atoms with Crippen molar-refractivity contribution in [2.75, 3.05) is 11.1 Å². The van der Waals surface area contributed by atoms with Gasteiger partial charge >= 0.3 is 0 Å². The van der Waals surface area contributed by atoms with Gasteiger partial charge in [-0.3, -0.25) is 9.36 Å². The lowest BCUT2D eigenvalue weighted by Crippen LogP contribution is -2.15. The van der Waals surface area contributed by atoms with E-state index in [-0.39, 0.29) is 11.7 Å². The van der Waals surface area contributed by atoms with Crippen LogP contribution in [0.1, 0.15) is 16.7 Å². The van der Waals surface area contributed by atoms with Gasteiger partial charge in [0.05, 0.1) is 18.6 Å². The van der Waals surface area contributed by atoms with Gasteiger partial charge in [-0.25, -0.2) is 0 Å². The van der Waals surface area contributed by atoms with Gasteiger partial charge in [0.25, 0.3) is 0 Å². The first-order valence-electron chi connectivity index (χ1n) is 9.61. The molecule has 2 aromatic heterocycles. The summed E-state index contributed by atoms with van der Waals surface area (Å²) in [5.41, 5.74) is 4.17. The van der Waals surface area contributed by atoms with E-state index in [2.05, 4.69) is 15.5 Å². The highest BCUT2D eigenvalue weighted by molar-refractivity contribution is 7.99. The topological polar surface area (TPSA) is 73.0 Å². The van der Waals surface area contributed by atoms with Gasteiger partial charge in [-0.2, -0.15) is 0 Å². The summed E-state index contributed by atoms with van der Waals surface area (Å²) in [6, 6.07) is 19.6. The summed E-state index contributed by atoms with van der Waals surface area (Å²) in [6.45, 7) is 4.62. The van der Waals surface area contributed by atoms with Crippen molar-refractivity contribution in [1.82, 2.24) is 14.8 Å². The number of hydrogen-bond donors (Lipinski definition) is 1. The number of nitrogens with one attached hydrogen (secondary N) is 1. The molecule has 0 fully saturated rings. The Balaban J connectivity index is 1.52. The van der Waals surface area contributed by atoms with E-state index in [1.165, 1.54) is 11.8 Å². The monoisotopic (exact) mass is 418 g/mol. The molecule has 30 heavy (non-hydrogen) atoms. The maximum atomic E-state index is 12.5. The minimum atomic E-state index is -0.0810. The SMILES string of the molecule is Cc1cccc(NC(=O)CSc2nnc(-c3ccco3)n2Cc2ccccc2)c1C. The Morgan fingerprint density at radius 3 is 2.63 bits per heavy atom. The number of thioether (sulfide) groups is 1. The lowest BCUT2D eigenvalue weighted by atomic mass is 10.1. The lowest BCUT2D eigenvalue weighted by molar-refractivity contribution is -0.113. The van der Waals surface area contributed by atoms with Gasteiger partial charge in [-0.15, -0.1) is 10.2 Å². The van der Waals surface area contributed by atoms with Crippen LogP contribution in [0.3, 0.4) is 0 Å². The number of anilines is 1. The molecule has 0 unspecified atom stereocenters.